The normalized spacial score (nSPS) is 10.5. The minimum absolute atomic E-state index is 0.802. The summed E-state index contributed by atoms with van der Waals surface area (Å²) in [4.78, 5) is 9.10. The van der Waals surface area contributed by atoms with Crippen molar-refractivity contribution < 1.29 is 0 Å². The first kappa shape index (κ1) is 13.8. The Balaban J connectivity index is 2.20. The highest BCUT2D eigenvalue weighted by molar-refractivity contribution is 7.07. The van der Waals surface area contributed by atoms with Crippen LogP contribution in [0.5, 0.6) is 0 Å². The van der Waals surface area contributed by atoms with E-state index in [-0.39, 0.29) is 0 Å². The van der Waals surface area contributed by atoms with Gasteiger partial charge < -0.3 is 10.6 Å². The van der Waals surface area contributed by atoms with Crippen molar-refractivity contribution in [3.63, 3.8) is 0 Å². The lowest BCUT2D eigenvalue weighted by atomic mass is 10.2. The molecule has 4 nitrogen and oxygen atoms in total. The third-order valence-corrected chi connectivity index (χ3v) is 3.62. The third-order valence-electron chi connectivity index (χ3n) is 2.89. The summed E-state index contributed by atoms with van der Waals surface area (Å²) in [7, 11) is 0. The van der Waals surface area contributed by atoms with E-state index in [4.69, 9.17) is 0 Å². The van der Waals surface area contributed by atoms with E-state index < -0.39 is 0 Å². The Morgan fingerprint density at radius 1 is 1.16 bits per heavy atom. The largest absolute Gasteiger partial charge is 0.370 e. The molecule has 0 aliphatic rings. The highest BCUT2D eigenvalue weighted by atomic mass is 32.1. The molecule has 5 heteroatoms. The van der Waals surface area contributed by atoms with Gasteiger partial charge in [0, 0.05) is 25.1 Å². The molecule has 2 heterocycles. The fourth-order valence-corrected chi connectivity index (χ4v) is 2.48. The summed E-state index contributed by atoms with van der Waals surface area (Å²) in [6, 6.07) is 2.13. The maximum Gasteiger partial charge on any atom is 0.135 e. The molecule has 0 aliphatic carbocycles. The molecule has 0 saturated carbocycles. The molecule has 0 radical (unpaired) electrons. The second-order valence-corrected chi connectivity index (χ2v) is 5.11. The fraction of sp³-hybridized carbons (Fsp3) is 0.429. The van der Waals surface area contributed by atoms with Gasteiger partial charge in [0.25, 0.3) is 0 Å². The molecule has 0 aromatic carbocycles. The average Bonchev–Trinajstić information content (AvgIpc) is 2.93. The van der Waals surface area contributed by atoms with Crippen LogP contribution in [0.3, 0.4) is 0 Å². The molecule has 0 bridgehead atoms. The van der Waals surface area contributed by atoms with Crippen molar-refractivity contribution >= 4 is 23.0 Å². The van der Waals surface area contributed by atoms with Crippen LogP contribution in [0, 0.1) is 6.92 Å². The molecule has 0 atom stereocenters. The van der Waals surface area contributed by atoms with Gasteiger partial charge in [0.05, 0.1) is 0 Å². The number of thiophene rings is 1. The molecule has 102 valence electrons. The number of nitrogens with one attached hydrogen (secondary N) is 2. The monoisotopic (exact) mass is 276 g/mol. The molecule has 2 aromatic heterocycles. The van der Waals surface area contributed by atoms with Crippen molar-refractivity contribution in [3.8, 4) is 0 Å². The van der Waals surface area contributed by atoms with Gasteiger partial charge in [0.15, 0.2) is 0 Å². The Labute approximate surface area is 118 Å². The maximum absolute atomic E-state index is 4.57. The van der Waals surface area contributed by atoms with Crippen molar-refractivity contribution in [2.45, 2.75) is 33.7 Å². The Hall–Kier alpha value is -1.62. The van der Waals surface area contributed by atoms with Gasteiger partial charge in [-0.25, -0.2) is 9.97 Å². The van der Waals surface area contributed by atoms with Crippen LogP contribution in [0.2, 0.25) is 0 Å². The minimum Gasteiger partial charge on any atom is -0.370 e. The summed E-state index contributed by atoms with van der Waals surface area (Å²) >= 11 is 1.71. The zero-order valence-corrected chi connectivity index (χ0v) is 12.5. The first-order valence-electron chi connectivity index (χ1n) is 6.60. The standard InChI is InChI=1S/C14H20N4S/c1-4-12-17-13(15-5-2)10(3)14(18-12)16-8-11-6-7-19-9-11/h6-7,9H,4-5,8H2,1-3H3,(H2,15,16,17,18). The lowest BCUT2D eigenvalue weighted by molar-refractivity contribution is 0.919. The number of aromatic nitrogens is 2. The zero-order chi connectivity index (χ0) is 13.7. The Morgan fingerprint density at radius 3 is 2.47 bits per heavy atom. The number of nitrogens with zero attached hydrogens (tertiary/aromatic N) is 2. The van der Waals surface area contributed by atoms with Crippen LogP contribution in [-0.4, -0.2) is 16.5 Å². The van der Waals surface area contributed by atoms with E-state index in [2.05, 4.69) is 51.3 Å². The molecule has 0 aliphatic heterocycles. The molecular weight excluding hydrogens is 256 g/mol. The van der Waals surface area contributed by atoms with E-state index in [0.717, 1.165) is 42.5 Å². The smallest absolute Gasteiger partial charge is 0.135 e. The van der Waals surface area contributed by atoms with Crippen LogP contribution in [0.25, 0.3) is 0 Å². The average molecular weight is 276 g/mol. The second-order valence-electron chi connectivity index (χ2n) is 4.33. The molecule has 2 aromatic rings. The van der Waals surface area contributed by atoms with Crippen LogP contribution in [0.1, 0.15) is 30.8 Å². The summed E-state index contributed by atoms with van der Waals surface area (Å²) in [6.07, 6.45) is 0.839. The van der Waals surface area contributed by atoms with Crippen molar-refractivity contribution in [1.29, 1.82) is 0 Å². The number of aryl methyl sites for hydroxylation is 1. The van der Waals surface area contributed by atoms with Gasteiger partial charge in [-0.2, -0.15) is 11.3 Å². The second kappa shape index (κ2) is 6.52. The van der Waals surface area contributed by atoms with E-state index in [0.29, 0.717) is 0 Å². The first-order valence-corrected chi connectivity index (χ1v) is 7.55. The predicted octanol–water partition coefficient (Wildman–Crippen LogP) is 3.45. The van der Waals surface area contributed by atoms with Crippen molar-refractivity contribution in [2.75, 3.05) is 17.2 Å². The molecule has 0 fully saturated rings. The van der Waals surface area contributed by atoms with E-state index in [1.54, 1.807) is 11.3 Å². The summed E-state index contributed by atoms with van der Waals surface area (Å²) in [5, 5.41) is 10.9. The lowest BCUT2D eigenvalue weighted by Crippen LogP contribution is -2.10. The Morgan fingerprint density at radius 2 is 1.89 bits per heavy atom. The van der Waals surface area contributed by atoms with Gasteiger partial charge in [-0.05, 0) is 36.2 Å². The maximum atomic E-state index is 4.57. The SMILES string of the molecule is CCNc1nc(CC)nc(NCc2ccsc2)c1C. The molecule has 0 amide bonds. The molecule has 2 N–H and O–H groups in total. The van der Waals surface area contributed by atoms with Crippen molar-refractivity contribution in [1.82, 2.24) is 9.97 Å². The Bertz CT molecular complexity index is 522. The minimum atomic E-state index is 0.802. The highest BCUT2D eigenvalue weighted by Crippen LogP contribution is 2.21. The van der Waals surface area contributed by atoms with Gasteiger partial charge in [0.2, 0.25) is 0 Å². The van der Waals surface area contributed by atoms with E-state index in [9.17, 15) is 0 Å². The molecule has 0 saturated heterocycles. The van der Waals surface area contributed by atoms with Gasteiger partial charge in [0.1, 0.15) is 17.5 Å². The van der Waals surface area contributed by atoms with Crippen molar-refractivity contribution in [2.24, 2.45) is 0 Å². The quantitative estimate of drug-likeness (QED) is 0.848. The molecular formula is C14H20N4S. The number of hydrogen-bond donors (Lipinski definition) is 2. The van der Waals surface area contributed by atoms with Crippen LogP contribution < -0.4 is 10.6 Å². The van der Waals surface area contributed by atoms with E-state index in [1.807, 2.05) is 6.92 Å². The summed E-state index contributed by atoms with van der Waals surface area (Å²) in [6.45, 7) is 7.86. The van der Waals surface area contributed by atoms with Gasteiger partial charge in [-0.1, -0.05) is 6.92 Å². The number of hydrogen-bond acceptors (Lipinski definition) is 5. The topological polar surface area (TPSA) is 49.8 Å². The fourth-order valence-electron chi connectivity index (χ4n) is 1.81. The lowest BCUT2D eigenvalue weighted by Gasteiger charge is -2.13. The van der Waals surface area contributed by atoms with E-state index in [1.165, 1.54) is 5.56 Å². The number of rotatable bonds is 6. The summed E-state index contributed by atoms with van der Waals surface area (Å²) in [5.41, 5.74) is 2.36. The highest BCUT2D eigenvalue weighted by Gasteiger charge is 2.09. The van der Waals surface area contributed by atoms with Gasteiger partial charge in [-0.3, -0.25) is 0 Å². The van der Waals surface area contributed by atoms with Gasteiger partial charge in [-0.15, -0.1) is 0 Å². The van der Waals surface area contributed by atoms with Gasteiger partial charge >= 0.3 is 0 Å². The molecule has 0 spiro atoms. The van der Waals surface area contributed by atoms with Crippen LogP contribution in [-0.2, 0) is 13.0 Å². The third kappa shape index (κ3) is 3.44. The zero-order valence-electron chi connectivity index (χ0n) is 11.7. The molecule has 2 rings (SSSR count). The van der Waals surface area contributed by atoms with E-state index >= 15 is 0 Å². The van der Waals surface area contributed by atoms with Crippen LogP contribution in [0.15, 0.2) is 16.8 Å². The van der Waals surface area contributed by atoms with Crippen molar-refractivity contribution in [3.05, 3.63) is 33.8 Å². The Kier molecular flexibility index (Phi) is 4.74. The summed E-state index contributed by atoms with van der Waals surface area (Å²) in [5.74, 6) is 2.73. The van der Waals surface area contributed by atoms with Crippen LogP contribution in [0.4, 0.5) is 11.6 Å². The molecule has 0 unspecified atom stereocenters. The van der Waals surface area contributed by atoms with Crippen LogP contribution >= 0.6 is 11.3 Å². The summed E-state index contributed by atoms with van der Waals surface area (Å²) < 4.78 is 0. The molecule has 19 heavy (non-hydrogen) atoms. The first-order chi connectivity index (χ1) is 9.24. The predicted molar refractivity (Wildman–Crippen MR) is 82.0 cm³/mol. The number of anilines is 2.